The molecule has 0 bridgehead atoms. The third kappa shape index (κ3) is 2.22. The summed E-state index contributed by atoms with van der Waals surface area (Å²) in [5.41, 5.74) is 2.02. The zero-order valence-corrected chi connectivity index (χ0v) is 9.08. The molecule has 0 unspecified atom stereocenters. The van der Waals surface area contributed by atoms with Crippen molar-refractivity contribution in [2.75, 3.05) is 7.05 Å². The van der Waals surface area contributed by atoms with E-state index in [0.717, 1.165) is 23.0 Å². The summed E-state index contributed by atoms with van der Waals surface area (Å²) in [6.07, 6.45) is -0.604. The average Bonchev–Trinajstić information content (AvgIpc) is 2.61. The molecule has 0 atom stereocenters. The van der Waals surface area contributed by atoms with Crippen LogP contribution in [0.5, 0.6) is 0 Å². The molecule has 0 spiro atoms. The van der Waals surface area contributed by atoms with Gasteiger partial charge in [-0.25, -0.2) is 8.78 Å². The van der Waals surface area contributed by atoms with E-state index in [0.29, 0.717) is 0 Å². The fourth-order valence-corrected chi connectivity index (χ4v) is 1.87. The molecule has 2 rings (SSSR count). The highest BCUT2D eigenvalue weighted by atomic mass is 19.3. The van der Waals surface area contributed by atoms with Gasteiger partial charge in [-0.3, -0.25) is 0 Å². The lowest BCUT2D eigenvalue weighted by Crippen LogP contribution is -2.06. The minimum atomic E-state index is -2.31. The molecule has 0 fully saturated rings. The Morgan fingerprint density at radius 1 is 1.31 bits per heavy atom. The summed E-state index contributed by atoms with van der Waals surface area (Å²) in [4.78, 5) is 0. The van der Waals surface area contributed by atoms with E-state index in [9.17, 15) is 8.78 Å². The van der Waals surface area contributed by atoms with Gasteiger partial charge in [-0.15, -0.1) is 0 Å². The number of halogens is 2. The number of alkyl halides is 2. The Hall–Kier alpha value is -1.42. The summed E-state index contributed by atoms with van der Waals surface area (Å²) in [5.74, 6) is 0. The van der Waals surface area contributed by atoms with Crippen molar-refractivity contribution in [2.24, 2.45) is 0 Å². The van der Waals surface area contributed by atoms with E-state index in [1.165, 1.54) is 0 Å². The molecule has 0 aliphatic heterocycles. The number of nitrogens with one attached hydrogen (secondary N) is 1. The first-order valence-corrected chi connectivity index (χ1v) is 5.21. The van der Waals surface area contributed by atoms with Gasteiger partial charge in [0.25, 0.3) is 6.43 Å². The van der Waals surface area contributed by atoms with Gasteiger partial charge in [0, 0.05) is 18.3 Å². The van der Waals surface area contributed by atoms with E-state index in [1.54, 1.807) is 10.8 Å². The zero-order chi connectivity index (χ0) is 11.5. The van der Waals surface area contributed by atoms with Crippen LogP contribution in [0.2, 0.25) is 0 Å². The number of nitrogens with zero attached hydrogens (tertiary/aromatic N) is 1. The second-order valence-corrected chi connectivity index (χ2v) is 3.78. The molecule has 4 heteroatoms. The maximum atomic E-state index is 12.3. The average molecular weight is 224 g/mol. The van der Waals surface area contributed by atoms with E-state index < -0.39 is 6.43 Å². The number of aromatic nitrogens is 1. The van der Waals surface area contributed by atoms with Crippen molar-refractivity contribution in [1.82, 2.24) is 9.88 Å². The number of hydrogen-bond donors (Lipinski definition) is 1. The van der Waals surface area contributed by atoms with Crippen LogP contribution in [-0.4, -0.2) is 18.0 Å². The lowest BCUT2D eigenvalue weighted by molar-refractivity contribution is 0.128. The largest absolute Gasteiger partial charge is 0.342 e. The van der Waals surface area contributed by atoms with Crippen LogP contribution in [0, 0.1) is 0 Å². The van der Waals surface area contributed by atoms with Gasteiger partial charge < -0.3 is 9.88 Å². The molecule has 0 saturated heterocycles. The second-order valence-electron chi connectivity index (χ2n) is 3.78. The lowest BCUT2D eigenvalue weighted by Gasteiger charge is -2.05. The first-order valence-electron chi connectivity index (χ1n) is 5.21. The predicted molar refractivity (Wildman–Crippen MR) is 60.7 cm³/mol. The molecule has 1 N–H and O–H groups in total. The van der Waals surface area contributed by atoms with Gasteiger partial charge in [0.05, 0.1) is 6.54 Å². The Morgan fingerprint density at radius 3 is 2.81 bits per heavy atom. The van der Waals surface area contributed by atoms with Gasteiger partial charge >= 0.3 is 0 Å². The van der Waals surface area contributed by atoms with Crippen molar-refractivity contribution in [2.45, 2.75) is 19.5 Å². The highest BCUT2D eigenvalue weighted by molar-refractivity contribution is 5.80. The number of fused-ring (bicyclic) bond motifs is 1. The molecule has 0 amide bonds. The third-order valence-corrected chi connectivity index (χ3v) is 2.55. The van der Waals surface area contributed by atoms with Gasteiger partial charge in [-0.1, -0.05) is 6.07 Å². The second kappa shape index (κ2) is 4.61. The number of rotatable bonds is 4. The van der Waals surface area contributed by atoms with Crippen molar-refractivity contribution >= 4 is 10.9 Å². The van der Waals surface area contributed by atoms with Crippen LogP contribution in [-0.2, 0) is 13.1 Å². The van der Waals surface area contributed by atoms with Gasteiger partial charge in [-0.2, -0.15) is 0 Å². The molecule has 86 valence electrons. The Bertz CT molecular complexity index is 477. The first kappa shape index (κ1) is 11.1. The quantitative estimate of drug-likeness (QED) is 0.844. The van der Waals surface area contributed by atoms with E-state index >= 15 is 0 Å². The highest BCUT2D eigenvalue weighted by Crippen LogP contribution is 2.18. The molecule has 0 aliphatic carbocycles. The molecule has 1 aromatic heterocycles. The van der Waals surface area contributed by atoms with Crippen LogP contribution in [0.25, 0.3) is 10.9 Å². The van der Waals surface area contributed by atoms with Crippen molar-refractivity contribution in [3.63, 3.8) is 0 Å². The normalized spacial score (nSPS) is 11.5. The smallest absolute Gasteiger partial charge is 0.256 e. The summed E-state index contributed by atoms with van der Waals surface area (Å²) in [5, 5.41) is 4.07. The monoisotopic (exact) mass is 224 g/mol. The molecular formula is C12H14F2N2. The predicted octanol–water partition coefficient (Wildman–Crippen LogP) is 2.63. The molecule has 1 aromatic carbocycles. The standard InChI is InChI=1S/C12H14F2N2/c1-15-7-9-2-3-11-10(6-9)4-5-16(11)8-12(13)14/h2-6,12,15H,7-8H2,1H3. The summed E-state index contributed by atoms with van der Waals surface area (Å²) < 4.78 is 26.2. The van der Waals surface area contributed by atoms with Crippen LogP contribution in [0.4, 0.5) is 8.78 Å². The Morgan fingerprint density at radius 2 is 2.12 bits per heavy atom. The SMILES string of the molecule is CNCc1ccc2c(ccn2CC(F)F)c1. The van der Waals surface area contributed by atoms with Crippen LogP contribution in [0.15, 0.2) is 30.5 Å². The van der Waals surface area contributed by atoms with E-state index in [1.807, 2.05) is 31.3 Å². The summed E-state index contributed by atoms with van der Waals surface area (Å²) in [6, 6.07) is 7.75. The third-order valence-electron chi connectivity index (χ3n) is 2.55. The molecule has 0 saturated carbocycles. The van der Waals surface area contributed by atoms with Gasteiger partial charge in [0.15, 0.2) is 0 Å². The topological polar surface area (TPSA) is 17.0 Å². The molecule has 2 nitrogen and oxygen atoms in total. The fraction of sp³-hybridized carbons (Fsp3) is 0.333. The van der Waals surface area contributed by atoms with Gasteiger partial charge in [0.2, 0.25) is 0 Å². The van der Waals surface area contributed by atoms with Crippen molar-refractivity contribution in [3.05, 3.63) is 36.0 Å². The number of hydrogen-bond acceptors (Lipinski definition) is 1. The molecule has 0 aliphatic rings. The maximum absolute atomic E-state index is 12.3. The highest BCUT2D eigenvalue weighted by Gasteiger charge is 2.07. The van der Waals surface area contributed by atoms with Crippen LogP contribution in [0.3, 0.4) is 0 Å². The van der Waals surface area contributed by atoms with E-state index in [-0.39, 0.29) is 6.54 Å². The molecule has 2 aromatic rings. The fourth-order valence-electron chi connectivity index (χ4n) is 1.87. The first-order chi connectivity index (χ1) is 7.70. The van der Waals surface area contributed by atoms with Gasteiger partial charge in [-0.05, 0) is 36.2 Å². The minimum absolute atomic E-state index is 0.241. The number of benzene rings is 1. The Kier molecular flexibility index (Phi) is 3.19. The van der Waals surface area contributed by atoms with E-state index in [2.05, 4.69) is 5.32 Å². The summed E-state index contributed by atoms with van der Waals surface area (Å²) in [7, 11) is 1.88. The van der Waals surface area contributed by atoms with Crippen LogP contribution >= 0.6 is 0 Å². The van der Waals surface area contributed by atoms with E-state index in [4.69, 9.17) is 0 Å². The van der Waals surface area contributed by atoms with Crippen molar-refractivity contribution < 1.29 is 8.78 Å². The summed E-state index contributed by atoms with van der Waals surface area (Å²) in [6.45, 7) is 0.546. The Labute approximate surface area is 92.9 Å². The molecule has 16 heavy (non-hydrogen) atoms. The summed E-state index contributed by atoms with van der Waals surface area (Å²) >= 11 is 0. The molecular weight excluding hydrogens is 210 g/mol. The van der Waals surface area contributed by atoms with Crippen LogP contribution in [0.1, 0.15) is 5.56 Å². The zero-order valence-electron chi connectivity index (χ0n) is 9.08. The molecule has 0 radical (unpaired) electrons. The maximum Gasteiger partial charge on any atom is 0.256 e. The van der Waals surface area contributed by atoms with Crippen LogP contribution < -0.4 is 5.32 Å². The lowest BCUT2D eigenvalue weighted by atomic mass is 10.1. The van der Waals surface area contributed by atoms with Gasteiger partial charge in [0.1, 0.15) is 0 Å². The molecule has 1 heterocycles. The minimum Gasteiger partial charge on any atom is -0.342 e. The van der Waals surface area contributed by atoms with Crippen molar-refractivity contribution in [3.8, 4) is 0 Å². The Balaban J connectivity index is 2.34. The van der Waals surface area contributed by atoms with Crippen molar-refractivity contribution in [1.29, 1.82) is 0 Å².